The second kappa shape index (κ2) is 7.55. The molecule has 8 heteroatoms. The van der Waals surface area contributed by atoms with E-state index in [4.69, 9.17) is 0 Å². The van der Waals surface area contributed by atoms with Crippen molar-refractivity contribution in [1.82, 2.24) is 19.6 Å². The lowest BCUT2D eigenvalue weighted by Crippen LogP contribution is -2.14. The fraction of sp³-hybridized carbons (Fsp3) is 0.200. The summed E-state index contributed by atoms with van der Waals surface area (Å²) in [5, 5.41) is 12.0. The van der Waals surface area contributed by atoms with Crippen molar-refractivity contribution in [3.05, 3.63) is 60.2 Å². The van der Waals surface area contributed by atoms with Gasteiger partial charge in [-0.2, -0.15) is 0 Å². The minimum atomic E-state index is -0.345. The van der Waals surface area contributed by atoms with Crippen LogP contribution in [0.1, 0.15) is 25.6 Å². The third-order valence-corrected chi connectivity index (χ3v) is 5.16. The number of para-hydroxylation sites is 2. The lowest BCUT2D eigenvalue weighted by Gasteiger charge is -2.10. The minimum absolute atomic E-state index is 0.155. The Morgan fingerprint density at radius 3 is 2.64 bits per heavy atom. The Hall–Kier alpha value is -3.00. The number of anilines is 1. The fourth-order valence-corrected chi connectivity index (χ4v) is 3.68. The van der Waals surface area contributed by atoms with E-state index in [-0.39, 0.29) is 23.4 Å². The summed E-state index contributed by atoms with van der Waals surface area (Å²) in [7, 11) is 0. The number of carbonyl (C=O) groups excluding carboxylic acids is 1. The van der Waals surface area contributed by atoms with Crippen molar-refractivity contribution in [3.63, 3.8) is 0 Å². The van der Waals surface area contributed by atoms with E-state index >= 15 is 0 Å². The van der Waals surface area contributed by atoms with Gasteiger partial charge >= 0.3 is 0 Å². The van der Waals surface area contributed by atoms with Crippen molar-refractivity contribution < 1.29 is 9.18 Å². The van der Waals surface area contributed by atoms with Gasteiger partial charge in [0.15, 0.2) is 5.65 Å². The van der Waals surface area contributed by atoms with Crippen LogP contribution in [0, 0.1) is 5.82 Å². The van der Waals surface area contributed by atoms with Crippen molar-refractivity contribution in [1.29, 1.82) is 0 Å². The molecule has 0 bridgehead atoms. The Labute approximate surface area is 165 Å². The first-order valence-electron chi connectivity index (χ1n) is 8.85. The van der Waals surface area contributed by atoms with Gasteiger partial charge in [-0.25, -0.2) is 9.37 Å². The number of nitrogens with one attached hydrogen (secondary N) is 1. The third kappa shape index (κ3) is 3.55. The molecule has 28 heavy (non-hydrogen) atoms. The molecule has 2 aromatic carbocycles. The molecule has 0 aliphatic heterocycles. The number of carbonyl (C=O) groups is 1. The molecule has 4 aromatic rings. The van der Waals surface area contributed by atoms with Crippen LogP contribution in [-0.4, -0.2) is 31.2 Å². The van der Waals surface area contributed by atoms with Crippen LogP contribution in [0.5, 0.6) is 0 Å². The highest BCUT2D eigenvalue weighted by Gasteiger charge is 2.18. The zero-order valence-electron chi connectivity index (χ0n) is 15.4. The van der Waals surface area contributed by atoms with Gasteiger partial charge in [-0.15, -0.1) is 10.2 Å². The molecular weight excluding hydrogens is 377 g/mol. The second-order valence-electron chi connectivity index (χ2n) is 6.62. The zero-order valence-corrected chi connectivity index (χ0v) is 16.2. The van der Waals surface area contributed by atoms with E-state index in [2.05, 4.69) is 34.3 Å². The van der Waals surface area contributed by atoms with Crippen molar-refractivity contribution in [2.75, 3.05) is 11.1 Å². The molecule has 2 heterocycles. The first-order chi connectivity index (χ1) is 13.5. The van der Waals surface area contributed by atoms with E-state index in [0.717, 1.165) is 16.9 Å². The molecule has 0 fully saturated rings. The molecule has 0 unspecified atom stereocenters. The van der Waals surface area contributed by atoms with Gasteiger partial charge in [0.05, 0.1) is 16.8 Å². The van der Waals surface area contributed by atoms with Gasteiger partial charge in [0.1, 0.15) is 16.7 Å². The second-order valence-corrected chi connectivity index (χ2v) is 7.59. The molecule has 0 aliphatic carbocycles. The summed E-state index contributed by atoms with van der Waals surface area (Å²) in [6, 6.07) is 13.5. The van der Waals surface area contributed by atoms with E-state index in [0.29, 0.717) is 16.4 Å². The fourth-order valence-electron chi connectivity index (χ4n) is 2.91. The highest BCUT2D eigenvalue weighted by molar-refractivity contribution is 8.00. The first kappa shape index (κ1) is 18.4. The van der Waals surface area contributed by atoms with Crippen LogP contribution in [0.3, 0.4) is 0 Å². The highest BCUT2D eigenvalue weighted by Crippen LogP contribution is 2.27. The molecule has 0 spiro atoms. The van der Waals surface area contributed by atoms with Crippen LogP contribution >= 0.6 is 11.8 Å². The normalized spacial score (nSPS) is 11.4. The summed E-state index contributed by atoms with van der Waals surface area (Å²) >= 11 is 1.30. The van der Waals surface area contributed by atoms with Crippen molar-refractivity contribution in [2.24, 2.45) is 0 Å². The number of halogens is 1. The predicted molar refractivity (Wildman–Crippen MR) is 108 cm³/mol. The molecule has 0 atom stereocenters. The van der Waals surface area contributed by atoms with Gasteiger partial charge in [-0.1, -0.05) is 37.7 Å². The molecule has 0 saturated carbocycles. The van der Waals surface area contributed by atoms with Gasteiger partial charge in [-0.3, -0.25) is 9.20 Å². The number of benzene rings is 2. The van der Waals surface area contributed by atoms with Crippen LogP contribution < -0.4 is 5.32 Å². The topological polar surface area (TPSA) is 72.2 Å². The summed E-state index contributed by atoms with van der Waals surface area (Å²) in [4.78, 5) is 17.0. The number of hydrogen-bond donors (Lipinski definition) is 1. The van der Waals surface area contributed by atoms with Gasteiger partial charge in [0.25, 0.3) is 0 Å². The first-order valence-corrected chi connectivity index (χ1v) is 9.83. The molecule has 1 N–H and O–H groups in total. The van der Waals surface area contributed by atoms with Crippen molar-refractivity contribution in [3.8, 4) is 0 Å². The predicted octanol–water partition coefficient (Wildman–Crippen LogP) is 4.27. The van der Waals surface area contributed by atoms with Crippen molar-refractivity contribution >= 4 is 40.0 Å². The maximum Gasteiger partial charge on any atom is 0.234 e. The molecule has 0 saturated heterocycles. The van der Waals surface area contributed by atoms with Crippen LogP contribution in [0.25, 0.3) is 16.7 Å². The summed E-state index contributed by atoms with van der Waals surface area (Å²) < 4.78 is 15.0. The lowest BCUT2D eigenvalue weighted by molar-refractivity contribution is -0.113. The molecular formula is C20H18FN5OS. The maximum atomic E-state index is 13.0. The van der Waals surface area contributed by atoms with Crippen molar-refractivity contribution in [2.45, 2.75) is 24.8 Å². The molecule has 6 nitrogen and oxygen atoms in total. The summed E-state index contributed by atoms with van der Waals surface area (Å²) in [6.45, 7) is 4.13. The SMILES string of the molecule is CC(C)c1nnc2c(SCC(=O)Nc3ccc(F)cc3)nc3ccccc3n12. The van der Waals surface area contributed by atoms with Gasteiger partial charge in [0, 0.05) is 11.6 Å². The third-order valence-electron chi connectivity index (χ3n) is 4.21. The Bertz CT molecular complexity index is 1160. The number of fused-ring (bicyclic) bond motifs is 3. The van der Waals surface area contributed by atoms with E-state index < -0.39 is 0 Å². The number of thioether (sulfide) groups is 1. The Morgan fingerprint density at radius 1 is 1.14 bits per heavy atom. The molecule has 0 radical (unpaired) electrons. The molecule has 1 amide bonds. The number of nitrogens with zero attached hydrogens (tertiary/aromatic N) is 4. The highest BCUT2D eigenvalue weighted by atomic mass is 32.2. The molecule has 142 valence electrons. The van der Waals surface area contributed by atoms with E-state index in [9.17, 15) is 9.18 Å². The standard InChI is InChI=1S/C20H18FN5OS/c1-12(2)18-24-25-19-20(23-15-5-3-4-6-16(15)26(18)19)28-11-17(27)22-14-9-7-13(21)8-10-14/h3-10,12H,11H2,1-2H3,(H,22,27). The van der Waals surface area contributed by atoms with Crippen LogP contribution in [0.15, 0.2) is 53.6 Å². The smallest absolute Gasteiger partial charge is 0.234 e. The number of amides is 1. The number of aromatic nitrogens is 4. The largest absolute Gasteiger partial charge is 0.325 e. The Morgan fingerprint density at radius 2 is 1.89 bits per heavy atom. The van der Waals surface area contributed by atoms with Crippen LogP contribution in [-0.2, 0) is 4.79 Å². The lowest BCUT2D eigenvalue weighted by atomic mass is 10.2. The molecule has 2 aromatic heterocycles. The average Bonchev–Trinajstić information content (AvgIpc) is 3.14. The molecule has 4 rings (SSSR count). The average molecular weight is 395 g/mol. The number of hydrogen-bond acceptors (Lipinski definition) is 5. The molecule has 0 aliphatic rings. The van der Waals surface area contributed by atoms with Gasteiger partial charge in [0.2, 0.25) is 5.91 Å². The summed E-state index contributed by atoms with van der Waals surface area (Å²) in [6.07, 6.45) is 0. The van der Waals surface area contributed by atoms with Crippen LogP contribution in [0.2, 0.25) is 0 Å². The summed E-state index contributed by atoms with van der Waals surface area (Å²) in [5.41, 5.74) is 2.94. The van der Waals surface area contributed by atoms with E-state index in [1.807, 2.05) is 28.7 Å². The maximum absolute atomic E-state index is 13.0. The number of rotatable bonds is 5. The summed E-state index contributed by atoms with van der Waals surface area (Å²) in [5.74, 6) is 0.658. The monoisotopic (exact) mass is 395 g/mol. The minimum Gasteiger partial charge on any atom is -0.325 e. The van der Waals surface area contributed by atoms with E-state index in [1.165, 1.54) is 36.0 Å². The Kier molecular flexibility index (Phi) is 4.95. The van der Waals surface area contributed by atoms with Gasteiger partial charge < -0.3 is 5.32 Å². The zero-order chi connectivity index (χ0) is 19.7. The van der Waals surface area contributed by atoms with Crippen LogP contribution in [0.4, 0.5) is 10.1 Å². The van der Waals surface area contributed by atoms with E-state index in [1.54, 1.807) is 0 Å². The van der Waals surface area contributed by atoms with Gasteiger partial charge in [-0.05, 0) is 36.4 Å². The quantitative estimate of drug-likeness (QED) is 0.511. The Balaban J connectivity index is 1.62.